The average molecular weight is 1900 g/mol. The van der Waals surface area contributed by atoms with Crippen molar-refractivity contribution < 1.29 is 82.2 Å². The first-order valence-corrected chi connectivity index (χ1v) is 45.2. The molecular formula is C107H139Cl2N15Ti4-2. The second-order valence-corrected chi connectivity index (χ2v) is 30.9. The van der Waals surface area contributed by atoms with Gasteiger partial charge in [0.25, 0.3) is 0 Å². The van der Waals surface area contributed by atoms with Gasteiger partial charge in [0.2, 0.25) is 0 Å². The third-order valence-electron chi connectivity index (χ3n) is 16.0. The summed E-state index contributed by atoms with van der Waals surface area (Å²) in [5.41, 5.74) is 28.7. The van der Waals surface area contributed by atoms with Crippen LogP contribution in [0.15, 0.2) is 298 Å². The van der Waals surface area contributed by atoms with Gasteiger partial charge in [0.1, 0.15) is 0 Å². The quantitative estimate of drug-likeness (QED) is 0.0769. The topological polar surface area (TPSA) is 207 Å². The zero-order valence-corrected chi connectivity index (χ0v) is 88.7. The molecule has 0 spiro atoms. The summed E-state index contributed by atoms with van der Waals surface area (Å²) in [6.07, 6.45) is 7.27. The molecule has 13 rings (SSSR count). The van der Waals surface area contributed by atoms with E-state index in [9.17, 15) is 0 Å². The molecule has 674 valence electrons. The predicted octanol–water partition coefficient (Wildman–Crippen LogP) is 31.3. The third kappa shape index (κ3) is 61.2. The standard InChI is InChI=1S/2C21H21N2.2C15H17N2.3C7H7.7C2H6N.2ClH.4Ti/c2*1-15-13-16(2)20(17(3)14-15)23-21(18-9-5-4-6-10-18)19-11-7-8-12-22-19;2*1-11-8-12(2)15(13(3)9-11)17-10-14-6-4-5-7-16-14;3*1-7-5-3-2-4-6-7;7*1-3-2;;;;;;/h2*4-14,21H,1-3H3;2*4-9H,10H2,1-3H3;3*2-6H,1H2;7*1-2H3;2*1H;;;;/q14*-1;;;+2;3*+4/p-2. The molecule has 15 nitrogen and oxygen atoms in total. The molecule has 0 aliphatic rings. The fourth-order valence-electron chi connectivity index (χ4n) is 11.6. The zero-order chi connectivity index (χ0) is 94.0. The van der Waals surface area contributed by atoms with Crippen molar-refractivity contribution in [3.63, 3.8) is 0 Å². The van der Waals surface area contributed by atoms with Crippen LogP contribution in [0.5, 0.6) is 0 Å². The fraction of sp³-hybridized carbons (Fsp3) is 0.280. The Morgan fingerprint density at radius 3 is 0.609 bits per heavy atom. The number of pyridine rings is 4. The Morgan fingerprint density at radius 2 is 0.438 bits per heavy atom. The van der Waals surface area contributed by atoms with E-state index in [1.807, 2.05) is 188 Å². The normalized spacial score (nSPS) is 9.53. The number of nitrogens with zero attached hydrogens (tertiary/aromatic N) is 15. The van der Waals surface area contributed by atoms with Crippen LogP contribution in [0.2, 0.25) is 0 Å². The summed E-state index contributed by atoms with van der Waals surface area (Å²) in [5, 5.41) is 44.0. The Balaban J connectivity index is -0.000000452. The summed E-state index contributed by atoms with van der Waals surface area (Å²) >= 11 is -0.556. The van der Waals surface area contributed by atoms with Crippen LogP contribution < -0.4 is 0 Å². The minimum Gasteiger partial charge on any atom is 4.00 e. The van der Waals surface area contributed by atoms with Gasteiger partial charge < -0.3 is 58.5 Å². The van der Waals surface area contributed by atoms with Crippen LogP contribution in [-0.4, -0.2) is 119 Å². The molecular weight excluding hydrogens is 1760 g/mol. The summed E-state index contributed by atoms with van der Waals surface area (Å²) in [4.78, 5) is 17.6. The van der Waals surface area contributed by atoms with E-state index in [4.69, 9.17) is 29.2 Å². The van der Waals surface area contributed by atoms with Gasteiger partial charge in [0, 0.05) is 47.6 Å². The van der Waals surface area contributed by atoms with E-state index < -0.39 is 17.0 Å². The zero-order valence-electron chi connectivity index (χ0n) is 80.9. The molecule has 0 amide bonds. The number of hydrogen-bond acceptors (Lipinski definition) is 4. The molecule has 4 aromatic heterocycles. The SMILES string of the molecule is C[N-]C.C[N-]C.C[N-]C.C[N-]C.C[N-]C.C[N-]C.C[N-]C.Cc1cc(C)c([N-]C(c2ccccc2)c2ccccn2)c(C)c1.Cc1cc(C)c([N-]C(c2ccccc2)c2ccccn2)c(C)c1.Cc1cc(C)c([N-]Cc2ccccn2)c(C)c1.Cc1cc(C)c([N-]Cc2ccccn2)c(C)c1.[CH2-]c1ccccc1.[CH2-]c1ccccc1.[CH2-]c1ccccc1.[Cl][Ti][Cl].[Ti+4].[Ti+4].[Ti+4]. The van der Waals surface area contributed by atoms with Gasteiger partial charge in [0.05, 0.1) is 0 Å². The molecule has 9 aromatic carbocycles. The van der Waals surface area contributed by atoms with Gasteiger partial charge in [-0.25, -0.2) is 0 Å². The van der Waals surface area contributed by atoms with Crippen molar-refractivity contribution in [2.45, 2.75) is 108 Å². The molecule has 0 fully saturated rings. The molecule has 4 heterocycles. The summed E-state index contributed by atoms with van der Waals surface area (Å²) in [5.74, 6) is 0. The van der Waals surface area contributed by atoms with E-state index in [0.29, 0.717) is 13.1 Å². The Labute approximate surface area is 837 Å². The molecule has 13 aromatic rings. The maximum Gasteiger partial charge on any atom is 4.00 e. The van der Waals surface area contributed by atoms with Gasteiger partial charge >= 0.3 is 101 Å². The molecule has 0 N–H and O–H groups in total. The van der Waals surface area contributed by atoms with Crippen LogP contribution in [-0.2, 0) is 95.3 Å². The molecule has 0 saturated heterocycles. The van der Waals surface area contributed by atoms with Crippen LogP contribution in [0.25, 0.3) is 58.5 Å². The molecule has 0 aliphatic heterocycles. The van der Waals surface area contributed by atoms with Gasteiger partial charge in [-0.2, -0.15) is 173 Å². The van der Waals surface area contributed by atoms with Crippen molar-refractivity contribution in [3.05, 3.63) is 494 Å². The van der Waals surface area contributed by atoms with E-state index in [0.717, 1.165) is 73.3 Å². The van der Waals surface area contributed by atoms with E-state index >= 15 is 0 Å². The van der Waals surface area contributed by atoms with E-state index in [1.54, 1.807) is 111 Å². The number of benzene rings is 9. The van der Waals surface area contributed by atoms with E-state index in [1.165, 1.54) is 66.8 Å². The van der Waals surface area contributed by atoms with Crippen molar-refractivity contribution in [1.82, 2.24) is 19.9 Å². The second-order valence-electron chi connectivity index (χ2n) is 28.3. The first kappa shape index (κ1) is 128. The van der Waals surface area contributed by atoms with Crippen molar-refractivity contribution in [2.24, 2.45) is 0 Å². The van der Waals surface area contributed by atoms with Crippen molar-refractivity contribution in [1.29, 1.82) is 0 Å². The minimum atomic E-state index is -0.556. The summed E-state index contributed by atoms with van der Waals surface area (Å²) in [6.45, 7) is 37.9. The minimum absolute atomic E-state index is 0. The van der Waals surface area contributed by atoms with Crippen LogP contribution in [0.4, 0.5) is 22.7 Å². The smallest absolute Gasteiger partial charge is 4.00 e. The van der Waals surface area contributed by atoms with Crippen LogP contribution in [0, 0.1) is 104 Å². The fourth-order valence-corrected chi connectivity index (χ4v) is 11.6. The molecule has 2 unspecified atom stereocenters. The molecule has 2 atom stereocenters. The van der Waals surface area contributed by atoms with Crippen LogP contribution >= 0.6 is 18.6 Å². The molecule has 0 saturated carbocycles. The predicted molar refractivity (Wildman–Crippen MR) is 546 cm³/mol. The number of hydrogen-bond donors (Lipinski definition) is 0. The van der Waals surface area contributed by atoms with E-state index in [2.05, 4.69) is 269 Å². The Kier molecular flexibility index (Phi) is 84.1. The van der Waals surface area contributed by atoms with Gasteiger partial charge in [-0.15, -0.1) is 59.1 Å². The average Bonchev–Trinajstić information content (AvgIpc) is 0.818. The Morgan fingerprint density at radius 1 is 0.258 bits per heavy atom. The van der Waals surface area contributed by atoms with Gasteiger partial charge in [-0.3, -0.25) is 19.9 Å². The van der Waals surface area contributed by atoms with Crippen LogP contribution in [0.1, 0.15) is 129 Å². The van der Waals surface area contributed by atoms with Crippen molar-refractivity contribution >= 4 is 41.4 Å². The first-order chi connectivity index (χ1) is 60.1. The Bertz CT molecular complexity index is 4180. The number of aryl methyl sites for hydroxylation is 12. The van der Waals surface area contributed by atoms with Crippen molar-refractivity contribution in [3.8, 4) is 0 Å². The van der Waals surface area contributed by atoms with Gasteiger partial charge in [-0.1, -0.05) is 243 Å². The number of aromatic nitrogens is 4. The summed E-state index contributed by atoms with van der Waals surface area (Å²) < 4.78 is 0. The van der Waals surface area contributed by atoms with Crippen LogP contribution in [0.3, 0.4) is 0 Å². The van der Waals surface area contributed by atoms with Gasteiger partial charge in [0.15, 0.2) is 0 Å². The maximum absolute atomic E-state index is 5.08. The number of halogens is 2. The molecule has 21 heteroatoms. The summed E-state index contributed by atoms with van der Waals surface area (Å²) in [7, 11) is 34.3. The second kappa shape index (κ2) is 84.1. The molecule has 0 radical (unpaired) electrons. The van der Waals surface area contributed by atoms with Crippen molar-refractivity contribution in [2.75, 3.05) is 98.7 Å². The molecule has 0 bridgehead atoms. The monoisotopic (exact) mass is 1900 g/mol. The molecule has 128 heavy (non-hydrogen) atoms. The molecule has 0 aliphatic carbocycles. The van der Waals surface area contributed by atoms with Gasteiger partial charge in [-0.05, 0) is 144 Å². The summed E-state index contributed by atoms with van der Waals surface area (Å²) in [6, 6.07) is 91.4. The largest absolute Gasteiger partial charge is 4.00 e. The number of rotatable bonds is 14. The first-order valence-electron chi connectivity index (χ1n) is 40.9. The third-order valence-corrected chi connectivity index (χ3v) is 16.0. The Hall–Kier alpha value is -8.45. The van der Waals surface area contributed by atoms with E-state index in [-0.39, 0.29) is 77.2 Å². The maximum atomic E-state index is 5.08.